The van der Waals surface area contributed by atoms with Gasteiger partial charge in [0.15, 0.2) is 0 Å². The fourth-order valence-electron chi connectivity index (χ4n) is 7.18. The second kappa shape index (κ2) is 11.3. The van der Waals surface area contributed by atoms with Crippen LogP contribution in [0.2, 0.25) is 5.02 Å². The molecule has 2 aromatic carbocycles. The molecule has 4 aliphatic rings. The number of amides is 1. The Hall–Kier alpha value is -3.37. The van der Waals surface area contributed by atoms with Gasteiger partial charge in [-0.05, 0) is 56.2 Å². The van der Waals surface area contributed by atoms with E-state index in [1.165, 1.54) is 41.8 Å². The van der Waals surface area contributed by atoms with Crippen LogP contribution in [-0.4, -0.2) is 69.3 Å². The summed E-state index contributed by atoms with van der Waals surface area (Å²) in [5.74, 6) is 0.167. The van der Waals surface area contributed by atoms with Gasteiger partial charge in [0, 0.05) is 62.1 Å². The number of likely N-dealkylation sites (tertiary alicyclic amines) is 1. The number of carbonyl (C=O) groups is 1. The van der Waals surface area contributed by atoms with Crippen molar-refractivity contribution in [1.82, 2.24) is 19.4 Å². The van der Waals surface area contributed by atoms with E-state index < -0.39 is 11.9 Å². The van der Waals surface area contributed by atoms with E-state index >= 15 is 0 Å². The van der Waals surface area contributed by atoms with Crippen LogP contribution in [0, 0.1) is 22.7 Å². The lowest BCUT2D eigenvalue weighted by Crippen LogP contribution is -2.34. The molecule has 43 heavy (non-hydrogen) atoms. The van der Waals surface area contributed by atoms with E-state index in [1.807, 2.05) is 17.9 Å². The first-order valence-electron chi connectivity index (χ1n) is 14.7. The SMILES string of the molecule is CCOc1cc2c(c(Cl)c1-c1c(O)cccc1F)OCC1CC3(CC(C4(C)CC4)N(C=O)C3)CN1C2.Cn1ccnc1F. The zero-order valence-electron chi connectivity index (χ0n) is 24.7. The Morgan fingerprint density at radius 2 is 2.02 bits per heavy atom. The summed E-state index contributed by atoms with van der Waals surface area (Å²) in [6.45, 7) is 7.33. The summed E-state index contributed by atoms with van der Waals surface area (Å²) in [4.78, 5) is 19.7. The molecule has 0 bridgehead atoms. The zero-order chi connectivity index (χ0) is 30.5. The Balaban J connectivity index is 0.000000415. The third-order valence-electron chi connectivity index (χ3n) is 9.61. The first kappa shape index (κ1) is 29.7. The normalized spacial score (nSPS) is 25.3. The molecule has 3 aliphatic heterocycles. The van der Waals surface area contributed by atoms with E-state index in [2.05, 4.69) is 16.8 Å². The molecule has 2 saturated heterocycles. The number of ether oxygens (including phenoxy) is 2. The molecule has 3 atom stereocenters. The lowest BCUT2D eigenvalue weighted by molar-refractivity contribution is -0.120. The molecule has 1 amide bonds. The molecule has 11 heteroatoms. The number of hydrogen-bond acceptors (Lipinski definition) is 6. The summed E-state index contributed by atoms with van der Waals surface area (Å²) in [5.41, 5.74) is 1.55. The van der Waals surface area contributed by atoms with Crippen LogP contribution in [0.3, 0.4) is 0 Å². The van der Waals surface area contributed by atoms with E-state index in [4.69, 9.17) is 21.1 Å². The van der Waals surface area contributed by atoms with Gasteiger partial charge in [0.25, 0.3) is 6.08 Å². The van der Waals surface area contributed by atoms with Crippen molar-refractivity contribution in [3.8, 4) is 28.4 Å². The number of carbonyl (C=O) groups excluding carboxylic acids is 1. The van der Waals surface area contributed by atoms with Gasteiger partial charge in [-0.1, -0.05) is 24.6 Å². The number of rotatable bonds is 5. The minimum absolute atomic E-state index is 0.0144. The molecule has 7 rings (SSSR count). The third-order valence-corrected chi connectivity index (χ3v) is 9.97. The molecule has 1 N–H and O–H groups in total. The van der Waals surface area contributed by atoms with Gasteiger partial charge in [-0.3, -0.25) is 9.69 Å². The molecule has 1 aromatic heterocycles. The summed E-state index contributed by atoms with van der Waals surface area (Å²) in [6, 6.07) is 6.58. The highest BCUT2D eigenvalue weighted by Crippen LogP contribution is 2.58. The third kappa shape index (κ3) is 5.44. The molecule has 8 nitrogen and oxygen atoms in total. The van der Waals surface area contributed by atoms with Crippen molar-refractivity contribution in [1.29, 1.82) is 0 Å². The Morgan fingerprint density at radius 1 is 1.23 bits per heavy atom. The van der Waals surface area contributed by atoms with Crippen molar-refractivity contribution in [2.45, 2.75) is 58.2 Å². The number of aromatic hydroxyl groups is 1. The lowest BCUT2D eigenvalue weighted by Gasteiger charge is -2.25. The number of aromatic nitrogens is 2. The largest absolute Gasteiger partial charge is 0.507 e. The maximum Gasteiger partial charge on any atom is 0.288 e. The van der Waals surface area contributed by atoms with E-state index in [0.717, 1.165) is 37.9 Å². The maximum absolute atomic E-state index is 14.8. The quantitative estimate of drug-likeness (QED) is 0.366. The van der Waals surface area contributed by atoms with Crippen LogP contribution in [0.4, 0.5) is 8.78 Å². The van der Waals surface area contributed by atoms with Crippen LogP contribution >= 0.6 is 11.6 Å². The van der Waals surface area contributed by atoms with E-state index in [1.54, 1.807) is 13.2 Å². The number of halogens is 3. The molecule has 1 aliphatic carbocycles. The molecule has 230 valence electrons. The topological polar surface area (TPSA) is 80.1 Å². The van der Waals surface area contributed by atoms with Crippen LogP contribution in [-0.2, 0) is 18.4 Å². The smallest absolute Gasteiger partial charge is 0.288 e. The standard InChI is InChI=1S/C28H32ClFN2O4.C4H5FN2/c1-3-35-21-9-17-12-31-14-28(11-22(27(2)7-8-27)32(15-28)16-33)10-18(31)13-36-26(17)25(29)24(21)23-19(30)5-4-6-20(23)34;1-7-3-2-6-4(7)5/h4-6,9,16,18,22,34H,3,7-8,10-15H2,1-2H3;2-3H,1H3. The van der Waals surface area contributed by atoms with Crippen molar-refractivity contribution < 1.29 is 28.2 Å². The van der Waals surface area contributed by atoms with Gasteiger partial charge in [-0.2, -0.15) is 4.39 Å². The average molecular weight is 615 g/mol. The highest BCUT2D eigenvalue weighted by molar-refractivity contribution is 6.35. The molecule has 4 heterocycles. The van der Waals surface area contributed by atoms with Crippen LogP contribution in [0.15, 0.2) is 36.7 Å². The Labute approximate surface area is 255 Å². The average Bonchev–Trinajstić information content (AvgIpc) is 3.33. The summed E-state index contributed by atoms with van der Waals surface area (Å²) >= 11 is 6.86. The van der Waals surface area contributed by atoms with Crippen molar-refractivity contribution in [2.75, 3.05) is 26.3 Å². The first-order valence-corrected chi connectivity index (χ1v) is 15.1. The number of hydrogen-bond donors (Lipinski definition) is 1. The number of phenolic OH excluding ortho intramolecular Hbond substituents is 1. The molecule has 1 saturated carbocycles. The summed E-state index contributed by atoms with van der Waals surface area (Å²) in [6.07, 6.45) is 7.96. The van der Waals surface area contributed by atoms with E-state index in [0.29, 0.717) is 42.9 Å². The summed E-state index contributed by atoms with van der Waals surface area (Å²) in [7, 11) is 1.60. The molecule has 1 spiro atoms. The highest BCUT2D eigenvalue weighted by Gasteiger charge is 2.58. The van der Waals surface area contributed by atoms with Gasteiger partial charge in [-0.15, -0.1) is 0 Å². The minimum atomic E-state index is -0.575. The van der Waals surface area contributed by atoms with E-state index in [9.17, 15) is 18.7 Å². The Bertz CT molecular complexity index is 1490. The predicted molar refractivity (Wildman–Crippen MR) is 158 cm³/mol. The molecular weight excluding hydrogens is 578 g/mol. The first-order chi connectivity index (χ1) is 20.6. The second-order valence-electron chi connectivity index (χ2n) is 12.7. The molecule has 3 fully saturated rings. The fraction of sp³-hybridized carbons (Fsp3) is 0.500. The van der Waals surface area contributed by atoms with E-state index in [-0.39, 0.29) is 33.2 Å². The number of aryl methyl sites for hydroxylation is 1. The number of imidazole rings is 1. The van der Waals surface area contributed by atoms with Gasteiger partial charge in [-0.25, -0.2) is 9.37 Å². The van der Waals surface area contributed by atoms with Crippen LogP contribution < -0.4 is 9.47 Å². The lowest BCUT2D eigenvalue weighted by atomic mass is 9.80. The predicted octanol–water partition coefficient (Wildman–Crippen LogP) is 5.79. The number of phenols is 1. The van der Waals surface area contributed by atoms with Gasteiger partial charge in [0.1, 0.15) is 29.7 Å². The van der Waals surface area contributed by atoms with Crippen molar-refractivity contribution >= 4 is 18.0 Å². The number of nitrogens with zero attached hydrogens (tertiary/aromatic N) is 4. The maximum atomic E-state index is 14.8. The minimum Gasteiger partial charge on any atom is -0.507 e. The second-order valence-corrected chi connectivity index (χ2v) is 13.0. The van der Waals surface area contributed by atoms with Crippen LogP contribution in [0.5, 0.6) is 17.2 Å². The Kier molecular flexibility index (Phi) is 7.79. The van der Waals surface area contributed by atoms with Gasteiger partial charge >= 0.3 is 0 Å². The summed E-state index contributed by atoms with van der Waals surface area (Å²) < 4.78 is 40.3. The molecule has 3 aromatic rings. The Morgan fingerprint density at radius 3 is 2.63 bits per heavy atom. The fourth-order valence-corrected chi connectivity index (χ4v) is 7.55. The van der Waals surface area contributed by atoms with Crippen LogP contribution in [0.1, 0.15) is 45.1 Å². The number of fused-ring (bicyclic) bond motifs is 2. The van der Waals surface area contributed by atoms with Crippen LogP contribution in [0.25, 0.3) is 11.1 Å². The zero-order valence-corrected chi connectivity index (χ0v) is 25.4. The molecule has 0 radical (unpaired) electrons. The van der Waals surface area contributed by atoms with Crippen molar-refractivity contribution in [3.63, 3.8) is 0 Å². The molecule has 3 unspecified atom stereocenters. The van der Waals surface area contributed by atoms with Crippen molar-refractivity contribution in [3.05, 3.63) is 59.1 Å². The van der Waals surface area contributed by atoms with Gasteiger partial charge in [0.2, 0.25) is 6.41 Å². The molecular formula is C32H37ClF2N4O4. The van der Waals surface area contributed by atoms with Gasteiger partial charge in [0.05, 0.1) is 22.8 Å². The monoisotopic (exact) mass is 614 g/mol. The van der Waals surface area contributed by atoms with Gasteiger partial charge < -0.3 is 24.0 Å². The summed E-state index contributed by atoms with van der Waals surface area (Å²) in [5, 5.41) is 10.7. The van der Waals surface area contributed by atoms with Crippen molar-refractivity contribution in [2.24, 2.45) is 17.9 Å². The highest BCUT2D eigenvalue weighted by atomic mass is 35.5. The number of benzene rings is 2.